The Hall–Kier alpha value is -1.08. The van der Waals surface area contributed by atoms with Gasteiger partial charge in [-0.1, -0.05) is 23.2 Å². The molecule has 0 spiro atoms. The van der Waals surface area contributed by atoms with Gasteiger partial charge in [-0.15, -0.1) is 11.3 Å². The Morgan fingerprint density at radius 2 is 1.80 bits per heavy atom. The van der Waals surface area contributed by atoms with Crippen LogP contribution in [0.1, 0.15) is 11.8 Å². The van der Waals surface area contributed by atoms with E-state index in [1.54, 1.807) is 19.1 Å². The number of hydrogen-bond acceptors (Lipinski definition) is 4. The summed E-state index contributed by atoms with van der Waals surface area (Å²) < 4.78 is 24.6. The van der Waals surface area contributed by atoms with E-state index in [1.165, 1.54) is 35.6 Å². The van der Waals surface area contributed by atoms with E-state index < -0.39 is 10.0 Å². The summed E-state index contributed by atoms with van der Waals surface area (Å²) in [5.74, 6) is 0. The molecule has 0 atom stereocenters. The summed E-state index contributed by atoms with van der Waals surface area (Å²) in [5, 5.41) is 4.35. The lowest BCUT2D eigenvalue weighted by Crippen LogP contribution is -2.19. The Morgan fingerprint density at radius 3 is 2.35 bits per heavy atom. The molecule has 0 aliphatic carbocycles. The summed E-state index contributed by atoms with van der Waals surface area (Å²) in [4.78, 5) is 3.08. The second-order valence-corrected chi connectivity index (χ2v) is 7.66. The van der Waals surface area contributed by atoms with E-state index in [4.69, 9.17) is 23.2 Å². The highest BCUT2D eigenvalue weighted by molar-refractivity contribution is 7.89. The maximum atomic E-state index is 12.0. The minimum Gasteiger partial charge on any atom is -0.200 e. The van der Waals surface area contributed by atoms with Crippen LogP contribution in [0.15, 0.2) is 46.4 Å². The van der Waals surface area contributed by atoms with Crippen LogP contribution in [0.3, 0.4) is 0 Å². The van der Waals surface area contributed by atoms with E-state index in [2.05, 4.69) is 9.93 Å². The third-order valence-electron chi connectivity index (χ3n) is 2.39. The second kappa shape index (κ2) is 6.13. The van der Waals surface area contributed by atoms with Crippen molar-refractivity contribution < 1.29 is 8.42 Å². The zero-order chi connectivity index (χ0) is 14.8. The van der Waals surface area contributed by atoms with Crippen LogP contribution in [-0.4, -0.2) is 14.1 Å². The Kier molecular flexibility index (Phi) is 4.70. The summed E-state index contributed by atoms with van der Waals surface area (Å²) in [6, 6.07) is 9.35. The molecular formula is C12H10Cl2N2O2S2. The normalized spacial score (nSPS) is 12.4. The monoisotopic (exact) mass is 348 g/mol. The predicted molar refractivity (Wildman–Crippen MR) is 83.3 cm³/mol. The molecule has 20 heavy (non-hydrogen) atoms. The Bertz CT molecular complexity index is 737. The third-order valence-corrected chi connectivity index (χ3v) is 5.20. The number of rotatable bonds is 4. The average molecular weight is 349 g/mol. The first-order valence-corrected chi connectivity index (χ1v) is 8.51. The van der Waals surface area contributed by atoms with Gasteiger partial charge in [-0.3, -0.25) is 0 Å². The van der Waals surface area contributed by atoms with Crippen LogP contribution < -0.4 is 4.83 Å². The van der Waals surface area contributed by atoms with Crippen molar-refractivity contribution in [2.45, 2.75) is 11.8 Å². The molecule has 1 aromatic carbocycles. The van der Waals surface area contributed by atoms with Crippen LogP contribution in [0.5, 0.6) is 0 Å². The van der Waals surface area contributed by atoms with Crippen LogP contribution in [0, 0.1) is 0 Å². The Labute approximate surface area is 131 Å². The molecule has 1 heterocycles. The van der Waals surface area contributed by atoms with Crippen molar-refractivity contribution in [3.63, 3.8) is 0 Å². The average Bonchev–Trinajstić information content (AvgIpc) is 2.83. The van der Waals surface area contributed by atoms with Crippen molar-refractivity contribution in [1.82, 2.24) is 4.83 Å². The SMILES string of the molecule is C/C(=N\NS(=O)(=O)c1ccc(Cl)cc1)c1ccc(Cl)s1. The highest BCUT2D eigenvalue weighted by Gasteiger charge is 2.13. The van der Waals surface area contributed by atoms with Gasteiger partial charge in [-0.25, -0.2) is 0 Å². The third kappa shape index (κ3) is 3.73. The van der Waals surface area contributed by atoms with Gasteiger partial charge < -0.3 is 0 Å². The van der Waals surface area contributed by atoms with Gasteiger partial charge in [0, 0.05) is 5.02 Å². The fraction of sp³-hybridized carbons (Fsp3) is 0.0833. The molecule has 0 radical (unpaired) electrons. The Balaban J connectivity index is 2.18. The van der Waals surface area contributed by atoms with Gasteiger partial charge in [-0.2, -0.15) is 18.4 Å². The molecule has 2 aromatic rings. The topological polar surface area (TPSA) is 58.5 Å². The van der Waals surface area contributed by atoms with Crippen LogP contribution in [0.25, 0.3) is 0 Å². The quantitative estimate of drug-likeness (QED) is 0.675. The minimum absolute atomic E-state index is 0.0997. The van der Waals surface area contributed by atoms with Crippen molar-refractivity contribution >= 4 is 50.3 Å². The number of nitrogens with zero attached hydrogens (tertiary/aromatic N) is 1. The fourth-order valence-electron chi connectivity index (χ4n) is 1.36. The molecule has 0 aliphatic rings. The van der Waals surface area contributed by atoms with Gasteiger partial charge in [-0.05, 0) is 43.3 Å². The van der Waals surface area contributed by atoms with Crippen LogP contribution in [0.2, 0.25) is 9.36 Å². The highest BCUT2D eigenvalue weighted by Crippen LogP contribution is 2.22. The molecule has 1 N–H and O–H groups in total. The smallest absolute Gasteiger partial charge is 0.200 e. The molecule has 0 aliphatic heterocycles. The lowest BCUT2D eigenvalue weighted by molar-refractivity contribution is 0.584. The number of nitrogens with one attached hydrogen (secondary N) is 1. The number of hydrazone groups is 1. The standard InChI is InChI=1S/C12H10Cl2N2O2S2/c1-8(11-6-7-12(14)19-11)15-16-20(17,18)10-4-2-9(13)3-5-10/h2-7,16H,1H3/b15-8+. The van der Waals surface area contributed by atoms with E-state index in [1.807, 2.05) is 0 Å². The lowest BCUT2D eigenvalue weighted by Gasteiger charge is -2.04. The maximum Gasteiger partial charge on any atom is 0.276 e. The van der Waals surface area contributed by atoms with Crippen molar-refractivity contribution in [3.8, 4) is 0 Å². The Morgan fingerprint density at radius 1 is 1.15 bits per heavy atom. The first-order chi connectivity index (χ1) is 9.38. The lowest BCUT2D eigenvalue weighted by atomic mass is 10.3. The maximum absolute atomic E-state index is 12.0. The number of sulfonamides is 1. The van der Waals surface area contributed by atoms with Gasteiger partial charge in [0.2, 0.25) is 0 Å². The molecule has 0 unspecified atom stereocenters. The molecule has 0 amide bonds. The minimum atomic E-state index is -3.70. The van der Waals surface area contributed by atoms with E-state index in [9.17, 15) is 8.42 Å². The first-order valence-electron chi connectivity index (χ1n) is 5.46. The van der Waals surface area contributed by atoms with Gasteiger partial charge in [0.15, 0.2) is 0 Å². The van der Waals surface area contributed by atoms with Crippen molar-refractivity contribution in [2.75, 3.05) is 0 Å². The van der Waals surface area contributed by atoms with Crippen LogP contribution in [-0.2, 0) is 10.0 Å². The van der Waals surface area contributed by atoms with Gasteiger partial charge in [0.1, 0.15) is 0 Å². The number of hydrogen-bond donors (Lipinski definition) is 1. The van der Waals surface area contributed by atoms with Crippen molar-refractivity contribution in [3.05, 3.63) is 50.6 Å². The molecule has 0 saturated carbocycles. The van der Waals surface area contributed by atoms with Crippen molar-refractivity contribution in [1.29, 1.82) is 0 Å². The fourth-order valence-corrected chi connectivity index (χ4v) is 3.33. The summed E-state index contributed by atoms with van der Waals surface area (Å²) in [7, 11) is -3.70. The van der Waals surface area contributed by atoms with Crippen molar-refractivity contribution in [2.24, 2.45) is 5.10 Å². The molecule has 0 fully saturated rings. The van der Waals surface area contributed by atoms with Gasteiger partial charge in [0.05, 0.1) is 19.8 Å². The highest BCUT2D eigenvalue weighted by atomic mass is 35.5. The summed E-state index contributed by atoms with van der Waals surface area (Å²) in [6.07, 6.45) is 0. The van der Waals surface area contributed by atoms with Crippen LogP contribution >= 0.6 is 34.5 Å². The molecule has 2 rings (SSSR count). The predicted octanol–water partition coefficient (Wildman–Crippen LogP) is 3.76. The van der Waals surface area contributed by atoms with E-state index >= 15 is 0 Å². The van der Waals surface area contributed by atoms with E-state index in [-0.39, 0.29) is 4.90 Å². The molecule has 1 aromatic heterocycles. The zero-order valence-electron chi connectivity index (χ0n) is 10.3. The van der Waals surface area contributed by atoms with E-state index in [0.717, 1.165) is 4.88 Å². The molecule has 106 valence electrons. The molecule has 8 heteroatoms. The first kappa shape index (κ1) is 15.3. The molecule has 0 bridgehead atoms. The summed E-state index contributed by atoms with van der Waals surface area (Å²) in [5.41, 5.74) is 0.541. The zero-order valence-corrected chi connectivity index (χ0v) is 13.4. The second-order valence-electron chi connectivity index (χ2n) is 3.85. The van der Waals surface area contributed by atoms with E-state index in [0.29, 0.717) is 15.1 Å². The summed E-state index contributed by atoms with van der Waals surface area (Å²) >= 11 is 12.9. The van der Waals surface area contributed by atoms with Crippen LogP contribution in [0.4, 0.5) is 0 Å². The number of benzene rings is 1. The molecule has 4 nitrogen and oxygen atoms in total. The number of thiophene rings is 1. The largest absolute Gasteiger partial charge is 0.276 e. The molecular weight excluding hydrogens is 339 g/mol. The van der Waals surface area contributed by atoms with Gasteiger partial charge in [0.25, 0.3) is 10.0 Å². The van der Waals surface area contributed by atoms with Gasteiger partial charge >= 0.3 is 0 Å². The number of halogens is 2. The summed E-state index contributed by atoms with van der Waals surface area (Å²) in [6.45, 7) is 1.70. The molecule has 0 saturated heterocycles.